The van der Waals surface area contributed by atoms with Crippen LogP contribution in [0.2, 0.25) is 0 Å². The molecule has 1 aromatic heterocycles. The number of pyridine rings is 1. The maximum absolute atomic E-state index is 13.3. The molecular formula is C28H31N3O3. The normalized spacial score (nSPS) is 16.8. The Morgan fingerprint density at radius 3 is 2.47 bits per heavy atom. The van der Waals surface area contributed by atoms with Crippen molar-refractivity contribution in [1.29, 1.82) is 0 Å². The summed E-state index contributed by atoms with van der Waals surface area (Å²) < 4.78 is 1.55. The maximum atomic E-state index is 13.3. The smallest absolute Gasteiger partial charge is 0.254 e. The van der Waals surface area contributed by atoms with Crippen LogP contribution < -0.4 is 5.56 Å². The highest BCUT2D eigenvalue weighted by Gasteiger charge is 2.27. The summed E-state index contributed by atoms with van der Waals surface area (Å²) in [4.78, 5) is 29.3. The average molecular weight is 458 g/mol. The zero-order chi connectivity index (χ0) is 23.7. The molecule has 3 aromatic rings. The summed E-state index contributed by atoms with van der Waals surface area (Å²) in [5, 5.41) is 10.8. The molecule has 5 rings (SSSR count). The van der Waals surface area contributed by atoms with Gasteiger partial charge in [-0.3, -0.25) is 14.5 Å². The van der Waals surface area contributed by atoms with Gasteiger partial charge in [-0.05, 0) is 59.2 Å². The number of carbonyl (C=O) groups is 1. The lowest BCUT2D eigenvalue weighted by molar-refractivity contribution is 0.0492. The van der Waals surface area contributed by atoms with Crippen LogP contribution >= 0.6 is 0 Å². The fraction of sp³-hybridized carbons (Fsp3) is 0.357. The van der Waals surface area contributed by atoms with Crippen molar-refractivity contribution in [2.45, 2.75) is 31.9 Å². The second kappa shape index (κ2) is 9.57. The lowest BCUT2D eigenvalue weighted by Gasteiger charge is -2.34. The number of aryl methyl sites for hydroxylation is 1. The SMILES string of the molecule is Cn1ccc(Cc2ccc3c(c2)C(=O)N(CC(O)CN2CCc4ccccc4C2)CC3)cc1=O. The van der Waals surface area contributed by atoms with Gasteiger partial charge in [-0.1, -0.05) is 36.4 Å². The first-order valence-corrected chi connectivity index (χ1v) is 12.0. The molecule has 0 saturated carbocycles. The summed E-state index contributed by atoms with van der Waals surface area (Å²) in [5.41, 5.74) is 6.39. The highest BCUT2D eigenvalue weighted by atomic mass is 16.3. The number of amides is 1. The molecule has 0 aliphatic carbocycles. The van der Waals surface area contributed by atoms with Crippen LogP contribution in [0.4, 0.5) is 0 Å². The molecule has 6 heteroatoms. The zero-order valence-electron chi connectivity index (χ0n) is 19.6. The van der Waals surface area contributed by atoms with Crippen LogP contribution in [0.15, 0.2) is 65.6 Å². The molecule has 2 aliphatic heterocycles. The number of β-amino-alcohol motifs (C(OH)–C–C–N with tert-alkyl or cyclic N) is 1. The van der Waals surface area contributed by atoms with E-state index in [2.05, 4.69) is 29.2 Å². The van der Waals surface area contributed by atoms with E-state index in [1.807, 2.05) is 24.3 Å². The molecule has 1 unspecified atom stereocenters. The van der Waals surface area contributed by atoms with Crippen molar-refractivity contribution in [1.82, 2.24) is 14.4 Å². The number of benzene rings is 2. The van der Waals surface area contributed by atoms with Gasteiger partial charge in [-0.25, -0.2) is 0 Å². The van der Waals surface area contributed by atoms with Gasteiger partial charge in [0.05, 0.1) is 6.10 Å². The first-order chi connectivity index (χ1) is 16.5. The number of aliphatic hydroxyl groups excluding tert-OH is 1. The molecule has 0 radical (unpaired) electrons. The summed E-state index contributed by atoms with van der Waals surface area (Å²) in [7, 11) is 1.73. The molecular weight excluding hydrogens is 426 g/mol. The van der Waals surface area contributed by atoms with E-state index in [-0.39, 0.29) is 11.5 Å². The molecule has 0 spiro atoms. The Hall–Kier alpha value is -3.22. The van der Waals surface area contributed by atoms with Crippen molar-refractivity contribution >= 4 is 5.91 Å². The number of hydrogen-bond acceptors (Lipinski definition) is 4. The fourth-order valence-electron chi connectivity index (χ4n) is 5.11. The van der Waals surface area contributed by atoms with E-state index in [1.54, 1.807) is 28.8 Å². The topological polar surface area (TPSA) is 65.8 Å². The number of hydrogen-bond donors (Lipinski definition) is 1. The van der Waals surface area contributed by atoms with E-state index in [9.17, 15) is 14.7 Å². The molecule has 2 aliphatic rings. The minimum absolute atomic E-state index is 0.0184. The number of aliphatic hydroxyl groups is 1. The standard InChI is InChI=1S/C28H31N3O3/c1-29-11-8-21(16-27(29)33)14-20-6-7-23-10-13-31(28(34)26(23)15-20)19-25(32)18-30-12-9-22-4-2-3-5-24(22)17-30/h2-8,11,15-16,25,32H,9-10,12-14,17-19H2,1H3. The quantitative estimate of drug-likeness (QED) is 0.617. The minimum Gasteiger partial charge on any atom is -0.390 e. The van der Waals surface area contributed by atoms with Crippen molar-refractivity contribution in [2.75, 3.05) is 26.2 Å². The van der Waals surface area contributed by atoms with Gasteiger partial charge in [-0.15, -0.1) is 0 Å². The summed E-state index contributed by atoms with van der Waals surface area (Å²) >= 11 is 0. The van der Waals surface area contributed by atoms with Crippen molar-refractivity contribution in [3.63, 3.8) is 0 Å². The van der Waals surface area contributed by atoms with Crippen LogP contribution in [-0.4, -0.2) is 57.7 Å². The Kier molecular flexibility index (Phi) is 6.35. The van der Waals surface area contributed by atoms with Crippen LogP contribution in [-0.2, 0) is 32.9 Å². The van der Waals surface area contributed by atoms with Gasteiger partial charge in [0.2, 0.25) is 0 Å². The molecule has 3 heterocycles. The van der Waals surface area contributed by atoms with Crippen LogP contribution in [0.1, 0.15) is 38.2 Å². The fourth-order valence-corrected chi connectivity index (χ4v) is 5.11. The first-order valence-electron chi connectivity index (χ1n) is 12.0. The van der Waals surface area contributed by atoms with Crippen molar-refractivity contribution < 1.29 is 9.90 Å². The van der Waals surface area contributed by atoms with Crippen LogP contribution in [0.25, 0.3) is 0 Å². The van der Waals surface area contributed by atoms with Gasteiger partial charge in [0.15, 0.2) is 0 Å². The molecule has 1 N–H and O–H groups in total. The van der Waals surface area contributed by atoms with E-state index >= 15 is 0 Å². The van der Waals surface area contributed by atoms with Crippen LogP contribution in [0.3, 0.4) is 0 Å². The Morgan fingerprint density at radius 1 is 0.882 bits per heavy atom. The Labute approximate surface area is 200 Å². The summed E-state index contributed by atoms with van der Waals surface area (Å²) in [6.45, 7) is 3.30. The second-order valence-electron chi connectivity index (χ2n) is 9.56. The molecule has 1 atom stereocenters. The molecule has 0 saturated heterocycles. The van der Waals surface area contributed by atoms with Crippen molar-refractivity contribution in [2.24, 2.45) is 7.05 Å². The Bertz CT molecular complexity index is 1270. The molecule has 6 nitrogen and oxygen atoms in total. The molecule has 176 valence electrons. The Balaban J connectivity index is 1.23. The average Bonchev–Trinajstić information content (AvgIpc) is 2.83. The predicted molar refractivity (Wildman–Crippen MR) is 132 cm³/mol. The minimum atomic E-state index is -0.584. The third-order valence-corrected chi connectivity index (χ3v) is 7.03. The maximum Gasteiger partial charge on any atom is 0.254 e. The number of nitrogens with zero attached hydrogens (tertiary/aromatic N) is 3. The largest absolute Gasteiger partial charge is 0.390 e. The van der Waals surface area contributed by atoms with Gasteiger partial charge in [0.1, 0.15) is 0 Å². The van der Waals surface area contributed by atoms with E-state index in [0.29, 0.717) is 31.6 Å². The van der Waals surface area contributed by atoms with Gasteiger partial charge < -0.3 is 14.6 Å². The molecule has 0 fully saturated rings. The zero-order valence-corrected chi connectivity index (χ0v) is 19.6. The van der Waals surface area contributed by atoms with E-state index in [0.717, 1.165) is 42.6 Å². The second-order valence-corrected chi connectivity index (χ2v) is 9.56. The lowest BCUT2D eigenvalue weighted by Crippen LogP contribution is -2.46. The van der Waals surface area contributed by atoms with Gasteiger partial charge in [-0.2, -0.15) is 0 Å². The van der Waals surface area contributed by atoms with Gasteiger partial charge in [0, 0.05) is 57.6 Å². The number of carbonyl (C=O) groups excluding carboxylic acids is 1. The third-order valence-electron chi connectivity index (χ3n) is 7.03. The number of rotatable bonds is 6. The molecule has 2 aromatic carbocycles. The third kappa shape index (κ3) is 4.83. The van der Waals surface area contributed by atoms with Crippen LogP contribution in [0, 0.1) is 0 Å². The summed E-state index contributed by atoms with van der Waals surface area (Å²) in [6, 6.07) is 18.1. The predicted octanol–water partition coefficient (Wildman–Crippen LogP) is 2.39. The van der Waals surface area contributed by atoms with Crippen molar-refractivity contribution in [3.05, 3.63) is 105 Å². The van der Waals surface area contributed by atoms with Crippen LogP contribution in [0.5, 0.6) is 0 Å². The van der Waals surface area contributed by atoms with E-state index < -0.39 is 6.10 Å². The summed E-state index contributed by atoms with van der Waals surface area (Å²) in [6.07, 6.45) is 3.58. The Morgan fingerprint density at radius 2 is 1.65 bits per heavy atom. The number of fused-ring (bicyclic) bond motifs is 2. The van der Waals surface area contributed by atoms with Crippen molar-refractivity contribution in [3.8, 4) is 0 Å². The number of aromatic nitrogens is 1. The first kappa shape index (κ1) is 22.6. The molecule has 34 heavy (non-hydrogen) atoms. The monoisotopic (exact) mass is 457 g/mol. The molecule has 0 bridgehead atoms. The van der Waals surface area contributed by atoms with E-state index in [4.69, 9.17) is 0 Å². The lowest BCUT2D eigenvalue weighted by atomic mass is 9.94. The van der Waals surface area contributed by atoms with E-state index in [1.165, 1.54) is 11.1 Å². The van der Waals surface area contributed by atoms with Gasteiger partial charge >= 0.3 is 0 Å². The van der Waals surface area contributed by atoms with Gasteiger partial charge in [0.25, 0.3) is 11.5 Å². The highest BCUT2D eigenvalue weighted by molar-refractivity contribution is 5.97. The highest BCUT2D eigenvalue weighted by Crippen LogP contribution is 2.23. The summed E-state index contributed by atoms with van der Waals surface area (Å²) in [5.74, 6) is -0.0184. The molecule has 1 amide bonds.